The molecule has 0 bridgehead atoms. The first-order valence-corrected chi connectivity index (χ1v) is 10.8. The highest BCUT2D eigenvalue weighted by atomic mass is 19.4. The summed E-state index contributed by atoms with van der Waals surface area (Å²) in [4.78, 5) is 12.9. The Kier molecular flexibility index (Phi) is 6.52. The molecule has 1 aromatic carbocycles. The largest absolute Gasteiger partial charge is 0.419 e. The van der Waals surface area contributed by atoms with Crippen LogP contribution in [0.3, 0.4) is 0 Å². The van der Waals surface area contributed by atoms with Gasteiger partial charge in [0.2, 0.25) is 0 Å². The van der Waals surface area contributed by atoms with Gasteiger partial charge in [0.1, 0.15) is 5.82 Å². The summed E-state index contributed by atoms with van der Waals surface area (Å²) >= 11 is 0. The van der Waals surface area contributed by atoms with Crippen LogP contribution in [0.5, 0.6) is 0 Å². The Bertz CT molecular complexity index is 972. The fourth-order valence-electron chi connectivity index (χ4n) is 4.04. The summed E-state index contributed by atoms with van der Waals surface area (Å²) in [5.41, 5.74) is -0.941. The molecule has 0 spiro atoms. The van der Waals surface area contributed by atoms with Gasteiger partial charge in [-0.05, 0) is 63.1 Å². The molecule has 1 heterocycles. The van der Waals surface area contributed by atoms with Gasteiger partial charge in [0.25, 0.3) is 5.91 Å². The van der Waals surface area contributed by atoms with Gasteiger partial charge in [-0.3, -0.25) is 4.79 Å². The fourth-order valence-corrected chi connectivity index (χ4v) is 4.04. The Morgan fingerprint density at radius 3 is 2.66 bits per heavy atom. The quantitative estimate of drug-likeness (QED) is 0.549. The Labute approximate surface area is 182 Å². The Hall–Kier alpha value is -2.46. The summed E-state index contributed by atoms with van der Waals surface area (Å²) in [5, 5.41) is 19.8. The van der Waals surface area contributed by atoms with Gasteiger partial charge >= 0.3 is 6.18 Å². The van der Waals surface area contributed by atoms with E-state index >= 15 is 0 Å². The highest BCUT2D eigenvalue weighted by Gasteiger charge is 2.35. The molecule has 2 unspecified atom stereocenters. The van der Waals surface area contributed by atoms with Crippen molar-refractivity contribution in [1.82, 2.24) is 15.8 Å². The van der Waals surface area contributed by atoms with Crippen LogP contribution in [0.2, 0.25) is 0 Å². The molecule has 1 amide bonds. The topological polar surface area (TPSA) is 87.4 Å². The van der Waals surface area contributed by atoms with E-state index in [0.717, 1.165) is 44.4 Å². The number of aromatic nitrogens is 1. The van der Waals surface area contributed by atoms with Gasteiger partial charge in [-0.1, -0.05) is 11.2 Å². The van der Waals surface area contributed by atoms with Crippen LogP contribution < -0.4 is 10.6 Å². The van der Waals surface area contributed by atoms with Crippen LogP contribution in [0.25, 0.3) is 11.3 Å². The average Bonchev–Trinajstić information content (AvgIpc) is 3.44. The molecule has 2 aliphatic carbocycles. The smallest absolute Gasteiger partial charge is 0.393 e. The minimum absolute atomic E-state index is 0.00339. The molecule has 2 aliphatic rings. The Morgan fingerprint density at radius 2 is 2.00 bits per heavy atom. The number of amides is 1. The van der Waals surface area contributed by atoms with E-state index in [2.05, 4.69) is 15.8 Å². The molecule has 0 radical (unpaired) electrons. The average molecular weight is 455 g/mol. The summed E-state index contributed by atoms with van der Waals surface area (Å²) in [6.07, 6.45) is -0.406. The van der Waals surface area contributed by atoms with Gasteiger partial charge in [0.15, 0.2) is 11.5 Å². The van der Waals surface area contributed by atoms with E-state index in [1.807, 2.05) is 0 Å². The lowest BCUT2D eigenvalue weighted by Crippen LogP contribution is -2.40. The number of nitrogens with one attached hydrogen (secondary N) is 2. The second kappa shape index (κ2) is 9.19. The summed E-state index contributed by atoms with van der Waals surface area (Å²) < 4.78 is 58.2. The van der Waals surface area contributed by atoms with Gasteiger partial charge in [-0.25, -0.2) is 4.39 Å². The van der Waals surface area contributed by atoms with E-state index in [9.17, 15) is 27.5 Å². The molecule has 0 aliphatic heterocycles. The highest BCUT2D eigenvalue weighted by Crippen LogP contribution is 2.35. The normalized spacial score (nSPS) is 21.5. The zero-order chi connectivity index (χ0) is 22.9. The maximum Gasteiger partial charge on any atom is 0.419 e. The molecule has 2 fully saturated rings. The molecule has 10 heteroatoms. The van der Waals surface area contributed by atoms with E-state index in [4.69, 9.17) is 4.52 Å². The zero-order valence-electron chi connectivity index (χ0n) is 17.3. The number of carbonyl (C=O) groups excluding carboxylic acids is 1. The summed E-state index contributed by atoms with van der Waals surface area (Å²) in [6.45, 7) is 0.926. The van der Waals surface area contributed by atoms with Crippen molar-refractivity contribution in [2.24, 2.45) is 5.92 Å². The highest BCUT2D eigenvalue weighted by molar-refractivity contribution is 5.95. The predicted octanol–water partition coefficient (Wildman–Crippen LogP) is 4.03. The number of carbonyl (C=O) groups is 1. The van der Waals surface area contributed by atoms with Crippen LogP contribution in [0.4, 0.5) is 17.6 Å². The van der Waals surface area contributed by atoms with Crippen molar-refractivity contribution in [1.29, 1.82) is 0 Å². The predicted molar refractivity (Wildman–Crippen MR) is 107 cm³/mol. The van der Waals surface area contributed by atoms with Crippen molar-refractivity contribution in [3.8, 4) is 11.3 Å². The molecule has 6 nitrogen and oxygen atoms in total. The molecule has 2 saturated carbocycles. The van der Waals surface area contributed by atoms with Crippen LogP contribution in [-0.4, -0.2) is 34.9 Å². The molecule has 4 rings (SSSR count). The monoisotopic (exact) mass is 455 g/mol. The summed E-state index contributed by atoms with van der Waals surface area (Å²) in [5.74, 6) is -1.31. The molecule has 3 N–H and O–H groups in total. The minimum Gasteiger partial charge on any atom is -0.393 e. The van der Waals surface area contributed by atoms with E-state index in [0.29, 0.717) is 30.4 Å². The van der Waals surface area contributed by atoms with Crippen LogP contribution in [0.15, 0.2) is 22.7 Å². The minimum atomic E-state index is -4.81. The molecule has 32 heavy (non-hydrogen) atoms. The van der Waals surface area contributed by atoms with Crippen molar-refractivity contribution in [3.63, 3.8) is 0 Å². The van der Waals surface area contributed by atoms with Crippen LogP contribution in [-0.2, 0) is 12.7 Å². The number of nitrogens with zero attached hydrogens (tertiary/aromatic N) is 1. The number of alkyl halides is 3. The molecule has 1 aromatic heterocycles. The third-order valence-electron chi connectivity index (χ3n) is 5.95. The van der Waals surface area contributed by atoms with Crippen LogP contribution in [0, 0.1) is 11.7 Å². The first kappa shape index (κ1) is 22.7. The van der Waals surface area contributed by atoms with Gasteiger partial charge in [-0.2, -0.15) is 13.2 Å². The van der Waals surface area contributed by atoms with Gasteiger partial charge < -0.3 is 20.3 Å². The van der Waals surface area contributed by atoms with E-state index in [-0.39, 0.29) is 29.6 Å². The maximum atomic E-state index is 14.1. The van der Waals surface area contributed by atoms with Crippen molar-refractivity contribution >= 4 is 5.91 Å². The van der Waals surface area contributed by atoms with Gasteiger partial charge in [0.05, 0.1) is 11.7 Å². The number of benzene rings is 1. The van der Waals surface area contributed by atoms with Crippen molar-refractivity contribution in [2.75, 3.05) is 6.54 Å². The molecular weight excluding hydrogens is 430 g/mol. The number of rotatable bonds is 7. The number of halogens is 4. The second-order valence-corrected chi connectivity index (χ2v) is 8.60. The van der Waals surface area contributed by atoms with E-state index < -0.39 is 29.6 Å². The maximum absolute atomic E-state index is 14.1. The molecule has 2 atom stereocenters. The lowest BCUT2D eigenvalue weighted by atomic mass is 9.93. The molecule has 174 valence electrons. The summed E-state index contributed by atoms with van der Waals surface area (Å²) in [6, 6.07) is 2.29. The number of aliphatic hydroxyl groups is 1. The van der Waals surface area contributed by atoms with Crippen molar-refractivity contribution < 1.29 is 32.0 Å². The van der Waals surface area contributed by atoms with Crippen LogP contribution in [0.1, 0.15) is 60.1 Å². The zero-order valence-corrected chi connectivity index (χ0v) is 17.3. The number of aliphatic hydroxyl groups excluding tert-OH is 1. The van der Waals surface area contributed by atoms with Crippen molar-refractivity contribution in [3.05, 3.63) is 40.8 Å². The fraction of sp³-hybridized carbons (Fsp3) is 0.545. The van der Waals surface area contributed by atoms with Gasteiger partial charge in [0, 0.05) is 23.7 Å². The van der Waals surface area contributed by atoms with E-state index in [1.165, 1.54) is 0 Å². The SMILES string of the molecule is O=C(NC1CCCC(O)C1)c1noc(-c2ccc(C(F)(F)F)c(F)c2)c1CNCC1CC1. The van der Waals surface area contributed by atoms with E-state index in [1.54, 1.807) is 0 Å². The van der Waals surface area contributed by atoms with Crippen LogP contribution >= 0.6 is 0 Å². The molecule has 0 saturated heterocycles. The first-order chi connectivity index (χ1) is 15.2. The standard InChI is InChI=1S/C22H25F4N3O3/c23-18-8-13(6-7-17(18)22(24,25)26)20-16(11-27-10-12-4-5-12)19(29-32-20)21(31)28-14-2-1-3-15(30)9-14/h6-8,12,14-15,27,30H,1-5,9-11H2,(H,28,31). The Morgan fingerprint density at radius 1 is 1.22 bits per heavy atom. The van der Waals surface area contributed by atoms with Crippen molar-refractivity contribution in [2.45, 2.75) is 63.4 Å². The third-order valence-corrected chi connectivity index (χ3v) is 5.95. The molecular formula is C22H25F4N3O3. The number of hydrogen-bond donors (Lipinski definition) is 3. The molecule has 2 aromatic rings. The lowest BCUT2D eigenvalue weighted by molar-refractivity contribution is -0.139. The third kappa shape index (κ3) is 5.29. The second-order valence-electron chi connectivity index (χ2n) is 8.60. The van der Waals surface area contributed by atoms with Gasteiger partial charge in [-0.15, -0.1) is 0 Å². The lowest BCUT2D eigenvalue weighted by Gasteiger charge is -2.26. The summed E-state index contributed by atoms with van der Waals surface area (Å²) in [7, 11) is 0. The first-order valence-electron chi connectivity index (χ1n) is 10.8. The number of hydrogen-bond acceptors (Lipinski definition) is 5. The Balaban J connectivity index is 1.59.